The number of hydrogen-bond donors (Lipinski definition) is 2. The third kappa shape index (κ3) is 6.39. The Morgan fingerprint density at radius 1 is 1.50 bits per heavy atom. The van der Waals surface area contributed by atoms with Gasteiger partial charge in [-0.05, 0) is 13.3 Å². The molecule has 0 heterocycles. The van der Waals surface area contributed by atoms with E-state index < -0.39 is 0 Å². The molecular weight excluding hydrogens is 146 g/mol. The van der Waals surface area contributed by atoms with Crippen molar-refractivity contribution in [1.82, 2.24) is 0 Å². The summed E-state index contributed by atoms with van der Waals surface area (Å²) in [5.74, 6) is 1.76. The first-order chi connectivity index (χ1) is 4.66. The highest BCUT2D eigenvalue weighted by atomic mass is 32.2. The van der Waals surface area contributed by atoms with Crippen molar-refractivity contribution >= 4 is 11.8 Å². The third-order valence-corrected chi connectivity index (χ3v) is 2.54. The molecule has 0 amide bonds. The molecule has 0 bridgehead atoms. The highest BCUT2D eigenvalue weighted by Gasteiger charge is 2.00. The van der Waals surface area contributed by atoms with Crippen LogP contribution in [0.1, 0.15) is 20.3 Å². The fraction of sp³-hybridized carbons (Fsp3) is 1.00. The molecule has 2 nitrogen and oxygen atoms in total. The first kappa shape index (κ1) is 10.3. The molecule has 0 saturated carbocycles. The smallest absolute Gasteiger partial charge is 0.0628 e. The van der Waals surface area contributed by atoms with Crippen molar-refractivity contribution in [2.45, 2.75) is 32.4 Å². The predicted octanol–water partition coefficient (Wildman–Crippen LogP) is 0.838. The molecule has 0 fully saturated rings. The summed E-state index contributed by atoms with van der Waals surface area (Å²) in [6.07, 6.45) is 0.690. The summed E-state index contributed by atoms with van der Waals surface area (Å²) in [7, 11) is 0. The Morgan fingerprint density at radius 2 is 2.10 bits per heavy atom. The normalized spacial score (nSPS) is 16.8. The molecule has 0 radical (unpaired) electrons. The van der Waals surface area contributed by atoms with E-state index in [2.05, 4.69) is 0 Å². The molecule has 62 valence electrons. The Labute approximate surface area is 67.2 Å². The zero-order valence-electron chi connectivity index (χ0n) is 6.71. The van der Waals surface area contributed by atoms with E-state index in [-0.39, 0.29) is 12.1 Å². The number of thioether (sulfide) groups is 1. The maximum atomic E-state index is 9.11. The van der Waals surface area contributed by atoms with Crippen LogP contribution < -0.4 is 5.73 Å². The fourth-order valence-electron chi connectivity index (χ4n) is 0.508. The van der Waals surface area contributed by atoms with Crippen molar-refractivity contribution in [2.75, 3.05) is 11.5 Å². The molecular formula is C7H17NOS. The second-order valence-electron chi connectivity index (χ2n) is 2.58. The van der Waals surface area contributed by atoms with E-state index in [1.54, 1.807) is 11.8 Å². The van der Waals surface area contributed by atoms with E-state index in [1.807, 2.05) is 13.8 Å². The van der Waals surface area contributed by atoms with Crippen LogP contribution in [-0.2, 0) is 0 Å². The van der Waals surface area contributed by atoms with Gasteiger partial charge in [-0.3, -0.25) is 0 Å². The molecule has 0 aliphatic rings. The van der Waals surface area contributed by atoms with Gasteiger partial charge in [-0.15, -0.1) is 0 Å². The molecule has 0 aromatic carbocycles. The second-order valence-corrected chi connectivity index (χ2v) is 3.65. The molecule has 0 aromatic heterocycles. The molecule has 0 aliphatic carbocycles. The van der Waals surface area contributed by atoms with Crippen LogP contribution in [0.25, 0.3) is 0 Å². The van der Waals surface area contributed by atoms with Gasteiger partial charge < -0.3 is 10.8 Å². The lowest BCUT2D eigenvalue weighted by Crippen LogP contribution is -2.19. The fourth-order valence-corrected chi connectivity index (χ4v) is 1.52. The number of nitrogens with two attached hydrogens (primary N) is 1. The van der Waals surface area contributed by atoms with E-state index in [0.717, 1.165) is 17.9 Å². The zero-order chi connectivity index (χ0) is 7.98. The topological polar surface area (TPSA) is 46.2 Å². The Kier molecular flexibility index (Phi) is 6.17. The van der Waals surface area contributed by atoms with Crippen molar-refractivity contribution in [3.8, 4) is 0 Å². The summed E-state index contributed by atoms with van der Waals surface area (Å²) in [6, 6.07) is 0.244. The van der Waals surface area contributed by atoms with Crippen molar-refractivity contribution in [3.63, 3.8) is 0 Å². The van der Waals surface area contributed by atoms with Crippen LogP contribution in [0.3, 0.4) is 0 Å². The van der Waals surface area contributed by atoms with Gasteiger partial charge in [0.2, 0.25) is 0 Å². The minimum atomic E-state index is -0.149. The largest absolute Gasteiger partial charge is 0.392 e. The number of aliphatic hydroxyl groups is 1. The minimum absolute atomic E-state index is 0.149. The van der Waals surface area contributed by atoms with Crippen molar-refractivity contribution < 1.29 is 5.11 Å². The average Bonchev–Trinajstić information content (AvgIpc) is 1.87. The van der Waals surface area contributed by atoms with Crippen LogP contribution in [0.4, 0.5) is 0 Å². The molecule has 10 heavy (non-hydrogen) atoms. The molecule has 0 aromatic rings. The van der Waals surface area contributed by atoms with Crippen molar-refractivity contribution in [1.29, 1.82) is 0 Å². The summed E-state index contributed by atoms with van der Waals surface area (Å²) in [4.78, 5) is 0. The summed E-state index contributed by atoms with van der Waals surface area (Å²) >= 11 is 1.72. The minimum Gasteiger partial charge on any atom is -0.392 e. The summed E-state index contributed by atoms with van der Waals surface area (Å²) in [6.45, 7) is 3.96. The molecule has 3 N–H and O–H groups in total. The van der Waals surface area contributed by atoms with Gasteiger partial charge in [0.25, 0.3) is 0 Å². The van der Waals surface area contributed by atoms with Gasteiger partial charge in [-0.25, -0.2) is 0 Å². The van der Waals surface area contributed by atoms with Crippen LogP contribution in [0.15, 0.2) is 0 Å². The highest BCUT2D eigenvalue weighted by Crippen LogP contribution is 2.05. The molecule has 0 aliphatic heterocycles. The van der Waals surface area contributed by atoms with Gasteiger partial charge in [-0.1, -0.05) is 6.92 Å². The molecule has 0 saturated heterocycles. The number of rotatable bonds is 5. The SMILES string of the molecule is CCC(O)CSCC(C)N. The zero-order valence-corrected chi connectivity index (χ0v) is 7.53. The lowest BCUT2D eigenvalue weighted by atomic mass is 10.3. The predicted molar refractivity (Wildman–Crippen MR) is 47.3 cm³/mol. The number of hydrogen-bond acceptors (Lipinski definition) is 3. The Morgan fingerprint density at radius 3 is 2.50 bits per heavy atom. The second kappa shape index (κ2) is 6.01. The van der Waals surface area contributed by atoms with Gasteiger partial charge in [-0.2, -0.15) is 11.8 Å². The summed E-state index contributed by atoms with van der Waals surface area (Å²) in [5.41, 5.74) is 5.52. The van der Waals surface area contributed by atoms with Gasteiger partial charge in [0.1, 0.15) is 0 Å². The van der Waals surface area contributed by atoms with Crippen LogP contribution in [-0.4, -0.2) is 28.8 Å². The summed E-state index contributed by atoms with van der Waals surface area (Å²) in [5, 5.41) is 9.11. The van der Waals surface area contributed by atoms with Crippen molar-refractivity contribution in [3.05, 3.63) is 0 Å². The van der Waals surface area contributed by atoms with E-state index in [9.17, 15) is 0 Å². The molecule has 2 atom stereocenters. The Bertz CT molecular complexity index is 78.0. The monoisotopic (exact) mass is 163 g/mol. The maximum absolute atomic E-state index is 9.11. The molecule has 0 rings (SSSR count). The Balaban J connectivity index is 3.03. The first-order valence-electron chi connectivity index (χ1n) is 3.68. The Hall–Kier alpha value is 0.270. The molecule has 3 heteroatoms. The van der Waals surface area contributed by atoms with E-state index in [0.29, 0.717) is 0 Å². The first-order valence-corrected chi connectivity index (χ1v) is 4.83. The maximum Gasteiger partial charge on any atom is 0.0628 e. The van der Waals surface area contributed by atoms with Crippen LogP contribution in [0, 0.1) is 0 Å². The summed E-state index contributed by atoms with van der Waals surface area (Å²) < 4.78 is 0. The number of aliphatic hydroxyl groups excluding tert-OH is 1. The standard InChI is InChI=1S/C7H17NOS/c1-3-7(9)5-10-4-6(2)8/h6-7,9H,3-5,8H2,1-2H3. The van der Waals surface area contributed by atoms with Gasteiger partial charge >= 0.3 is 0 Å². The van der Waals surface area contributed by atoms with Gasteiger partial charge in [0.15, 0.2) is 0 Å². The van der Waals surface area contributed by atoms with E-state index in [1.165, 1.54) is 0 Å². The van der Waals surface area contributed by atoms with Crippen LogP contribution >= 0.6 is 11.8 Å². The van der Waals surface area contributed by atoms with E-state index in [4.69, 9.17) is 10.8 Å². The third-order valence-electron chi connectivity index (χ3n) is 1.16. The van der Waals surface area contributed by atoms with Crippen molar-refractivity contribution in [2.24, 2.45) is 5.73 Å². The van der Waals surface area contributed by atoms with Gasteiger partial charge in [0.05, 0.1) is 6.10 Å². The van der Waals surface area contributed by atoms with Crippen LogP contribution in [0.2, 0.25) is 0 Å². The lowest BCUT2D eigenvalue weighted by molar-refractivity contribution is 0.195. The molecule has 0 spiro atoms. The molecule has 2 unspecified atom stereocenters. The van der Waals surface area contributed by atoms with Gasteiger partial charge in [0, 0.05) is 17.5 Å². The van der Waals surface area contributed by atoms with Crippen LogP contribution in [0.5, 0.6) is 0 Å². The highest BCUT2D eigenvalue weighted by molar-refractivity contribution is 7.99. The quantitative estimate of drug-likeness (QED) is 0.631. The average molecular weight is 163 g/mol. The lowest BCUT2D eigenvalue weighted by Gasteiger charge is -2.08. The van der Waals surface area contributed by atoms with E-state index >= 15 is 0 Å².